The van der Waals surface area contributed by atoms with Crippen molar-refractivity contribution in [3.8, 4) is 0 Å². The van der Waals surface area contributed by atoms with Crippen molar-refractivity contribution in [3.63, 3.8) is 0 Å². The van der Waals surface area contributed by atoms with Gasteiger partial charge in [-0.05, 0) is 13.3 Å². The van der Waals surface area contributed by atoms with Crippen LogP contribution < -0.4 is 5.32 Å². The second-order valence-corrected chi connectivity index (χ2v) is 5.53. The molecule has 1 aromatic rings. The fourth-order valence-corrected chi connectivity index (χ4v) is 2.04. The van der Waals surface area contributed by atoms with Crippen LogP contribution in [-0.4, -0.2) is 54.1 Å². The van der Waals surface area contributed by atoms with Gasteiger partial charge in [-0.3, -0.25) is 4.79 Å². The van der Waals surface area contributed by atoms with Crippen LogP contribution in [0.4, 0.5) is 10.6 Å². The van der Waals surface area contributed by atoms with Gasteiger partial charge in [0.2, 0.25) is 5.91 Å². The molecule has 0 aliphatic carbocycles. The van der Waals surface area contributed by atoms with Crippen LogP contribution in [0.5, 0.6) is 0 Å². The van der Waals surface area contributed by atoms with Crippen LogP contribution in [0.15, 0.2) is 10.6 Å². The summed E-state index contributed by atoms with van der Waals surface area (Å²) in [5.74, 6) is 0.709. The highest BCUT2D eigenvalue weighted by Crippen LogP contribution is 2.08. The molecule has 22 heavy (non-hydrogen) atoms. The molecule has 0 saturated carbocycles. The van der Waals surface area contributed by atoms with E-state index in [9.17, 15) is 9.59 Å². The van der Waals surface area contributed by atoms with E-state index in [2.05, 4.69) is 17.4 Å². The molecular formula is C15H26N4O3. The third-order valence-corrected chi connectivity index (χ3v) is 3.16. The summed E-state index contributed by atoms with van der Waals surface area (Å²) in [6.07, 6.45) is 4.21. The standard InChI is InChI=1S/C15H26N4O3/c1-5-6-7-8-9-19(15(21)18(3)4)11-14(20)16-13-10-12(2)22-17-13/h10H,5-9,11H2,1-4H3,(H,16,17,20). The fraction of sp³-hybridized carbons (Fsp3) is 0.667. The van der Waals surface area contributed by atoms with Gasteiger partial charge in [-0.15, -0.1) is 0 Å². The summed E-state index contributed by atoms with van der Waals surface area (Å²) in [4.78, 5) is 27.2. The van der Waals surface area contributed by atoms with Crippen LogP contribution in [0.25, 0.3) is 0 Å². The largest absolute Gasteiger partial charge is 0.360 e. The van der Waals surface area contributed by atoms with Crippen LogP contribution in [0.2, 0.25) is 0 Å². The lowest BCUT2D eigenvalue weighted by Gasteiger charge is -2.25. The Bertz CT molecular complexity index is 485. The van der Waals surface area contributed by atoms with E-state index in [1.165, 1.54) is 4.90 Å². The number of rotatable bonds is 8. The number of hydrogen-bond acceptors (Lipinski definition) is 4. The molecule has 0 bridgehead atoms. The van der Waals surface area contributed by atoms with Gasteiger partial charge in [-0.25, -0.2) is 4.79 Å². The molecular weight excluding hydrogens is 284 g/mol. The number of hydrogen-bond donors (Lipinski definition) is 1. The van der Waals surface area contributed by atoms with Crippen molar-refractivity contribution in [2.45, 2.75) is 39.5 Å². The second-order valence-electron chi connectivity index (χ2n) is 5.53. The lowest BCUT2D eigenvalue weighted by Crippen LogP contribution is -2.44. The number of nitrogens with zero attached hydrogens (tertiary/aromatic N) is 3. The topological polar surface area (TPSA) is 78.7 Å². The minimum Gasteiger partial charge on any atom is -0.360 e. The predicted octanol–water partition coefficient (Wildman–Crippen LogP) is 2.49. The number of urea groups is 1. The summed E-state index contributed by atoms with van der Waals surface area (Å²) in [5, 5.41) is 6.34. The molecule has 0 atom stereocenters. The van der Waals surface area contributed by atoms with Gasteiger partial charge in [0.1, 0.15) is 12.3 Å². The van der Waals surface area contributed by atoms with Crippen molar-refractivity contribution >= 4 is 17.8 Å². The van der Waals surface area contributed by atoms with Gasteiger partial charge in [-0.1, -0.05) is 31.3 Å². The zero-order chi connectivity index (χ0) is 16.5. The van der Waals surface area contributed by atoms with Crippen LogP contribution in [-0.2, 0) is 4.79 Å². The molecule has 0 unspecified atom stereocenters. The number of carbonyl (C=O) groups excluding carboxylic acids is 2. The summed E-state index contributed by atoms with van der Waals surface area (Å²) in [7, 11) is 3.36. The minimum atomic E-state index is -0.279. The van der Waals surface area contributed by atoms with E-state index in [-0.39, 0.29) is 18.5 Å². The Morgan fingerprint density at radius 3 is 2.55 bits per heavy atom. The zero-order valence-corrected chi connectivity index (χ0v) is 13.9. The first-order valence-electron chi connectivity index (χ1n) is 7.63. The Hall–Kier alpha value is -2.05. The molecule has 0 fully saturated rings. The van der Waals surface area contributed by atoms with Crippen LogP contribution in [0.3, 0.4) is 0 Å². The van der Waals surface area contributed by atoms with E-state index in [1.807, 2.05) is 0 Å². The molecule has 3 amide bonds. The van der Waals surface area contributed by atoms with Gasteiger partial charge in [0, 0.05) is 26.7 Å². The fourth-order valence-electron chi connectivity index (χ4n) is 2.04. The van der Waals surface area contributed by atoms with Crippen molar-refractivity contribution in [1.82, 2.24) is 15.0 Å². The number of anilines is 1. The number of amides is 3. The van der Waals surface area contributed by atoms with E-state index in [4.69, 9.17) is 4.52 Å². The van der Waals surface area contributed by atoms with Gasteiger partial charge in [-0.2, -0.15) is 0 Å². The summed E-state index contributed by atoms with van der Waals surface area (Å²) in [5.41, 5.74) is 0. The third kappa shape index (κ3) is 6.15. The van der Waals surface area contributed by atoms with Crippen LogP contribution in [0.1, 0.15) is 38.4 Å². The van der Waals surface area contributed by atoms with E-state index >= 15 is 0 Å². The molecule has 0 aromatic carbocycles. The van der Waals surface area contributed by atoms with E-state index in [0.29, 0.717) is 18.1 Å². The highest BCUT2D eigenvalue weighted by Gasteiger charge is 2.19. The van der Waals surface area contributed by atoms with Crippen molar-refractivity contribution in [2.75, 3.05) is 32.5 Å². The molecule has 7 heteroatoms. The molecule has 0 spiro atoms. The van der Waals surface area contributed by atoms with Crippen LogP contribution >= 0.6 is 0 Å². The summed E-state index contributed by atoms with van der Waals surface area (Å²) in [6, 6.07) is 1.47. The Morgan fingerprint density at radius 1 is 1.27 bits per heavy atom. The van der Waals surface area contributed by atoms with Gasteiger partial charge in [0.15, 0.2) is 5.82 Å². The Balaban J connectivity index is 2.54. The van der Waals surface area contributed by atoms with E-state index < -0.39 is 0 Å². The normalized spacial score (nSPS) is 10.4. The zero-order valence-electron chi connectivity index (χ0n) is 13.9. The predicted molar refractivity (Wildman–Crippen MR) is 84.7 cm³/mol. The Kier molecular flexibility index (Phi) is 7.42. The third-order valence-electron chi connectivity index (χ3n) is 3.16. The SMILES string of the molecule is CCCCCCN(CC(=O)Nc1cc(C)on1)C(=O)N(C)C. The molecule has 124 valence electrons. The lowest BCUT2D eigenvalue weighted by atomic mass is 10.2. The second kappa shape index (κ2) is 9.07. The van der Waals surface area contributed by atoms with E-state index in [0.717, 1.165) is 25.7 Å². The minimum absolute atomic E-state index is 0.00897. The van der Waals surface area contributed by atoms with Gasteiger partial charge < -0.3 is 19.6 Å². The quantitative estimate of drug-likeness (QED) is 0.748. The highest BCUT2D eigenvalue weighted by atomic mass is 16.5. The summed E-state index contributed by atoms with van der Waals surface area (Å²) >= 11 is 0. The molecule has 1 aromatic heterocycles. The Labute approximate surface area is 131 Å². The number of nitrogens with one attached hydrogen (secondary N) is 1. The average Bonchev–Trinajstić information content (AvgIpc) is 2.86. The number of unbranched alkanes of at least 4 members (excludes halogenated alkanes) is 3. The van der Waals surface area contributed by atoms with Crippen molar-refractivity contribution in [3.05, 3.63) is 11.8 Å². The Morgan fingerprint density at radius 2 is 2.00 bits per heavy atom. The molecule has 7 nitrogen and oxygen atoms in total. The number of aromatic nitrogens is 1. The molecule has 0 aliphatic heterocycles. The van der Waals surface area contributed by atoms with Crippen LogP contribution in [0, 0.1) is 6.92 Å². The molecule has 1 heterocycles. The summed E-state index contributed by atoms with van der Waals surface area (Å²) in [6.45, 7) is 4.46. The van der Waals surface area contributed by atoms with Gasteiger partial charge in [0.05, 0.1) is 0 Å². The van der Waals surface area contributed by atoms with Crippen molar-refractivity contribution in [1.29, 1.82) is 0 Å². The maximum absolute atomic E-state index is 12.1. The molecule has 0 saturated heterocycles. The molecule has 0 radical (unpaired) electrons. The summed E-state index contributed by atoms with van der Waals surface area (Å²) < 4.78 is 4.89. The molecule has 1 N–H and O–H groups in total. The lowest BCUT2D eigenvalue weighted by molar-refractivity contribution is -0.116. The van der Waals surface area contributed by atoms with Gasteiger partial charge >= 0.3 is 6.03 Å². The van der Waals surface area contributed by atoms with E-state index in [1.54, 1.807) is 32.0 Å². The smallest absolute Gasteiger partial charge is 0.319 e. The maximum atomic E-state index is 12.1. The van der Waals surface area contributed by atoms with Crippen molar-refractivity contribution in [2.24, 2.45) is 0 Å². The number of aryl methyl sites for hydroxylation is 1. The monoisotopic (exact) mass is 310 g/mol. The van der Waals surface area contributed by atoms with Crippen molar-refractivity contribution < 1.29 is 14.1 Å². The number of carbonyl (C=O) groups is 2. The van der Waals surface area contributed by atoms with Gasteiger partial charge in [0.25, 0.3) is 0 Å². The average molecular weight is 310 g/mol. The first kappa shape index (κ1) is 18.0. The molecule has 0 aliphatic rings. The maximum Gasteiger partial charge on any atom is 0.319 e. The first-order valence-corrected chi connectivity index (χ1v) is 7.63. The highest BCUT2D eigenvalue weighted by molar-refractivity contribution is 5.93. The first-order chi connectivity index (χ1) is 10.4. The molecule has 1 rings (SSSR count).